The third-order valence-corrected chi connectivity index (χ3v) is 5.99. The number of hydrogen-bond donors (Lipinski definition) is 0. The Morgan fingerprint density at radius 3 is 2.26 bits per heavy atom. The summed E-state index contributed by atoms with van der Waals surface area (Å²) >= 11 is 0. The molecule has 102 valence electrons. The lowest BCUT2D eigenvalue weighted by Crippen LogP contribution is -2.44. The highest BCUT2D eigenvalue weighted by molar-refractivity contribution is 5.24. The van der Waals surface area contributed by atoms with Crippen LogP contribution in [0.5, 0.6) is 0 Å². The van der Waals surface area contributed by atoms with Gasteiger partial charge >= 0.3 is 0 Å². The average molecular weight is 257 g/mol. The largest absolute Gasteiger partial charge is 0.371 e. The molecule has 4 aliphatic carbocycles. The van der Waals surface area contributed by atoms with Crippen LogP contribution in [-0.4, -0.2) is 11.7 Å². The zero-order chi connectivity index (χ0) is 13.4. The summed E-state index contributed by atoms with van der Waals surface area (Å²) in [6, 6.07) is 2.59. The first-order valence-corrected chi connectivity index (χ1v) is 7.75. The van der Waals surface area contributed by atoms with Crippen molar-refractivity contribution < 1.29 is 4.74 Å². The van der Waals surface area contributed by atoms with Crippen molar-refractivity contribution in [2.75, 3.05) is 0 Å². The highest BCUT2D eigenvalue weighted by Gasteiger charge is 2.65. The highest BCUT2D eigenvalue weighted by Crippen LogP contribution is 2.67. The standard InChI is InChI=1S/C17H23NO/c1-17(2,3)19-16-12-7-11(13(16)8-18)14-9-4-5-10(6-9)15(12)14/h4-5,9-16H,6-7H2,1-3H3. The molecule has 0 aliphatic heterocycles. The van der Waals surface area contributed by atoms with Crippen LogP contribution in [-0.2, 0) is 4.74 Å². The van der Waals surface area contributed by atoms with Crippen molar-refractivity contribution in [1.29, 1.82) is 5.26 Å². The summed E-state index contributed by atoms with van der Waals surface area (Å²) in [6.07, 6.45) is 7.65. The predicted octanol–water partition coefficient (Wildman–Crippen LogP) is 3.40. The van der Waals surface area contributed by atoms with Crippen LogP contribution in [0.25, 0.3) is 0 Å². The number of nitrogens with zero attached hydrogens (tertiary/aromatic N) is 1. The summed E-state index contributed by atoms with van der Waals surface area (Å²) in [6.45, 7) is 6.35. The molecule has 0 aromatic heterocycles. The van der Waals surface area contributed by atoms with E-state index < -0.39 is 0 Å². The maximum Gasteiger partial charge on any atom is 0.0774 e. The lowest BCUT2D eigenvalue weighted by Gasteiger charge is -2.41. The topological polar surface area (TPSA) is 33.0 Å². The van der Waals surface area contributed by atoms with Crippen molar-refractivity contribution in [3.8, 4) is 6.07 Å². The van der Waals surface area contributed by atoms with Gasteiger partial charge in [0.2, 0.25) is 0 Å². The Kier molecular flexibility index (Phi) is 2.29. The van der Waals surface area contributed by atoms with Crippen molar-refractivity contribution in [1.82, 2.24) is 0 Å². The predicted molar refractivity (Wildman–Crippen MR) is 73.0 cm³/mol. The van der Waals surface area contributed by atoms with Crippen LogP contribution in [0.1, 0.15) is 33.6 Å². The highest BCUT2D eigenvalue weighted by atomic mass is 16.5. The normalized spacial score (nSPS) is 53.6. The van der Waals surface area contributed by atoms with E-state index in [2.05, 4.69) is 39.0 Å². The molecule has 8 unspecified atom stereocenters. The Morgan fingerprint density at radius 2 is 1.68 bits per heavy atom. The SMILES string of the molecule is CC(C)(C)OC1C(C#N)C2CC1C1C3C=CC(C3)C21. The Labute approximate surface area is 115 Å². The lowest BCUT2D eigenvalue weighted by atomic mass is 9.68. The van der Waals surface area contributed by atoms with E-state index in [1.165, 1.54) is 12.8 Å². The van der Waals surface area contributed by atoms with Crippen molar-refractivity contribution in [3.05, 3.63) is 12.2 Å². The van der Waals surface area contributed by atoms with Gasteiger partial charge in [-0.15, -0.1) is 0 Å². The fraction of sp³-hybridized carbons (Fsp3) is 0.824. The second-order valence-corrected chi connectivity index (χ2v) is 8.02. The van der Waals surface area contributed by atoms with E-state index in [4.69, 9.17) is 4.74 Å². The molecular weight excluding hydrogens is 234 g/mol. The third-order valence-electron chi connectivity index (χ3n) is 5.99. The van der Waals surface area contributed by atoms with Gasteiger partial charge in [0.05, 0.1) is 23.7 Å². The van der Waals surface area contributed by atoms with Crippen LogP contribution in [0.15, 0.2) is 12.2 Å². The molecule has 0 aromatic rings. The van der Waals surface area contributed by atoms with Gasteiger partial charge in [-0.05, 0) is 69.1 Å². The number of hydrogen-bond acceptors (Lipinski definition) is 2. The van der Waals surface area contributed by atoms with Gasteiger partial charge in [-0.25, -0.2) is 0 Å². The Bertz CT molecular complexity index is 469. The second kappa shape index (κ2) is 3.64. The monoisotopic (exact) mass is 257 g/mol. The van der Waals surface area contributed by atoms with Crippen LogP contribution in [0.2, 0.25) is 0 Å². The molecule has 0 spiro atoms. The van der Waals surface area contributed by atoms with Gasteiger partial charge in [0.1, 0.15) is 0 Å². The van der Waals surface area contributed by atoms with Gasteiger partial charge in [0.15, 0.2) is 0 Å². The molecule has 0 heterocycles. The van der Waals surface area contributed by atoms with Gasteiger partial charge in [-0.2, -0.15) is 5.26 Å². The molecule has 3 fully saturated rings. The van der Waals surface area contributed by atoms with Crippen LogP contribution in [0.3, 0.4) is 0 Å². The Morgan fingerprint density at radius 1 is 1.05 bits per heavy atom. The Hall–Kier alpha value is -0.810. The summed E-state index contributed by atoms with van der Waals surface area (Å²) in [5.74, 6) is 4.55. The second-order valence-electron chi connectivity index (χ2n) is 8.02. The first-order valence-electron chi connectivity index (χ1n) is 7.75. The van der Waals surface area contributed by atoms with Gasteiger partial charge in [-0.3, -0.25) is 0 Å². The van der Waals surface area contributed by atoms with Crippen molar-refractivity contribution in [2.24, 2.45) is 41.4 Å². The van der Waals surface area contributed by atoms with Crippen LogP contribution < -0.4 is 0 Å². The molecule has 0 radical (unpaired) electrons. The van der Waals surface area contributed by atoms with E-state index in [9.17, 15) is 5.26 Å². The minimum Gasteiger partial charge on any atom is -0.371 e. The minimum absolute atomic E-state index is 0.132. The molecule has 4 aliphatic rings. The molecule has 2 nitrogen and oxygen atoms in total. The quantitative estimate of drug-likeness (QED) is 0.533. The fourth-order valence-corrected chi connectivity index (χ4v) is 5.72. The summed E-state index contributed by atoms with van der Waals surface area (Å²) < 4.78 is 6.31. The zero-order valence-electron chi connectivity index (χ0n) is 12.0. The van der Waals surface area contributed by atoms with Gasteiger partial charge in [0, 0.05) is 0 Å². The first kappa shape index (κ1) is 12.0. The Balaban J connectivity index is 1.66. The van der Waals surface area contributed by atoms with E-state index in [1.54, 1.807) is 0 Å². The van der Waals surface area contributed by atoms with Crippen molar-refractivity contribution in [3.63, 3.8) is 0 Å². The molecule has 8 atom stereocenters. The number of ether oxygens (including phenoxy) is 1. The van der Waals surface area contributed by atoms with Crippen molar-refractivity contribution >= 4 is 0 Å². The van der Waals surface area contributed by atoms with Crippen molar-refractivity contribution in [2.45, 2.75) is 45.3 Å². The molecule has 0 N–H and O–H groups in total. The smallest absolute Gasteiger partial charge is 0.0774 e. The molecule has 4 bridgehead atoms. The summed E-state index contributed by atoms with van der Waals surface area (Å²) in [7, 11) is 0. The fourth-order valence-electron chi connectivity index (χ4n) is 5.72. The maximum absolute atomic E-state index is 9.60. The first-order chi connectivity index (χ1) is 8.99. The van der Waals surface area contributed by atoms with E-state index in [0.717, 1.165) is 23.7 Å². The molecule has 19 heavy (non-hydrogen) atoms. The molecule has 0 saturated heterocycles. The number of nitriles is 1. The molecule has 2 heteroatoms. The third kappa shape index (κ3) is 1.51. The number of rotatable bonds is 1. The summed E-state index contributed by atoms with van der Waals surface area (Å²) in [5.41, 5.74) is -0.132. The number of allylic oxidation sites excluding steroid dienone is 2. The number of fused-ring (bicyclic) bond motifs is 9. The van der Waals surface area contributed by atoms with Crippen LogP contribution >= 0.6 is 0 Å². The molecule has 4 rings (SSSR count). The average Bonchev–Trinajstić information content (AvgIpc) is 3.03. The summed E-state index contributed by atoms with van der Waals surface area (Å²) in [5, 5.41) is 9.60. The van der Waals surface area contributed by atoms with Crippen LogP contribution in [0, 0.1) is 52.8 Å². The van der Waals surface area contributed by atoms with E-state index in [-0.39, 0.29) is 17.6 Å². The molecular formula is C17H23NO. The maximum atomic E-state index is 9.60. The zero-order valence-corrected chi connectivity index (χ0v) is 12.0. The van der Waals surface area contributed by atoms with Gasteiger partial charge in [-0.1, -0.05) is 12.2 Å². The lowest BCUT2D eigenvalue weighted by molar-refractivity contribution is -0.114. The summed E-state index contributed by atoms with van der Waals surface area (Å²) in [4.78, 5) is 0. The van der Waals surface area contributed by atoms with Crippen LogP contribution in [0.4, 0.5) is 0 Å². The van der Waals surface area contributed by atoms with E-state index >= 15 is 0 Å². The van der Waals surface area contributed by atoms with E-state index in [0.29, 0.717) is 11.8 Å². The minimum atomic E-state index is -0.132. The molecule has 0 amide bonds. The molecule has 3 saturated carbocycles. The van der Waals surface area contributed by atoms with E-state index in [1.807, 2.05) is 0 Å². The van der Waals surface area contributed by atoms with Gasteiger partial charge in [0.25, 0.3) is 0 Å². The van der Waals surface area contributed by atoms with Gasteiger partial charge < -0.3 is 4.74 Å². The molecule has 0 aromatic carbocycles.